The molecular weight excluding hydrogens is 332 g/mol. The first-order valence-corrected chi connectivity index (χ1v) is 8.97. The number of rotatable bonds is 8. The van der Waals surface area contributed by atoms with Crippen LogP contribution < -0.4 is 10.0 Å². The molecule has 0 saturated carbocycles. The average molecular weight is 352 g/mol. The number of hydrogen-bond donors (Lipinski definition) is 3. The van der Waals surface area contributed by atoms with E-state index >= 15 is 0 Å². The molecule has 8 heteroatoms. The summed E-state index contributed by atoms with van der Waals surface area (Å²) in [5.41, 5.74) is 0.268. The normalized spacial score (nSPS) is 12.8. The lowest BCUT2D eigenvalue weighted by atomic mass is 10.2. The highest BCUT2D eigenvalue weighted by molar-refractivity contribution is 7.89. The maximum absolute atomic E-state index is 12.6. The van der Waals surface area contributed by atoms with Crippen LogP contribution in [-0.4, -0.2) is 25.5 Å². The maximum Gasteiger partial charge on any atom is 0.335 e. The van der Waals surface area contributed by atoms with Crippen LogP contribution in [0.2, 0.25) is 0 Å². The molecule has 2 aromatic rings. The first kappa shape index (κ1) is 18.0. The zero-order chi connectivity index (χ0) is 17.7. The molecule has 7 nitrogen and oxygen atoms in total. The van der Waals surface area contributed by atoms with Crippen LogP contribution in [0.15, 0.2) is 45.9 Å². The number of aromatic carboxylic acids is 1. The zero-order valence-electron chi connectivity index (χ0n) is 13.4. The maximum atomic E-state index is 12.6. The highest BCUT2D eigenvalue weighted by Crippen LogP contribution is 2.24. The number of sulfonamides is 1. The number of benzene rings is 1. The first-order chi connectivity index (χ1) is 11.3. The van der Waals surface area contributed by atoms with E-state index in [-0.39, 0.29) is 23.0 Å². The zero-order valence-corrected chi connectivity index (χ0v) is 14.3. The summed E-state index contributed by atoms with van der Waals surface area (Å²) in [6, 6.07) is 7.34. The Kier molecular flexibility index (Phi) is 5.63. The minimum Gasteiger partial charge on any atom is -0.478 e. The lowest BCUT2D eigenvalue weighted by molar-refractivity contribution is 0.0696. The van der Waals surface area contributed by atoms with Crippen LogP contribution in [0, 0.1) is 0 Å². The average Bonchev–Trinajstić information content (AvgIpc) is 3.06. The van der Waals surface area contributed by atoms with Crippen molar-refractivity contribution in [3.05, 3.63) is 47.9 Å². The monoisotopic (exact) mass is 352 g/mol. The molecule has 1 aromatic heterocycles. The Balaban J connectivity index is 2.35. The summed E-state index contributed by atoms with van der Waals surface area (Å²) < 4.78 is 32.7. The predicted octanol–water partition coefficient (Wildman–Crippen LogP) is 2.67. The van der Waals surface area contributed by atoms with Crippen LogP contribution in [0.3, 0.4) is 0 Å². The van der Waals surface area contributed by atoms with Crippen molar-refractivity contribution in [1.29, 1.82) is 0 Å². The van der Waals surface area contributed by atoms with E-state index in [2.05, 4.69) is 10.0 Å². The van der Waals surface area contributed by atoms with Gasteiger partial charge in [0.25, 0.3) is 0 Å². The van der Waals surface area contributed by atoms with Crippen LogP contribution >= 0.6 is 0 Å². The van der Waals surface area contributed by atoms with Gasteiger partial charge in [-0.2, -0.15) is 0 Å². The Morgan fingerprint density at radius 2 is 2.08 bits per heavy atom. The molecule has 130 valence electrons. The third-order valence-electron chi connectivity index (χ3n) is 3.55. The highest BCUT2D eigenvalue weighted by Gasteiger charge is 2.21. The van der Waals surface area contributed by atoms with Crippen molar-refractivity contribution in [2.75, 3.05) is 5.32 Å². The first-order valence-electron chi connectivity index (χ1n) is 7.49. The van der Waals surface area contributed by atoms with Gasteiger partial charge < -0.3 is 14.8 Å². The number of carbonyl (C=O) groups is 1. The lowest BCUT2D eigenvalue weighted by Gasteiger charge is -2.17. The summed E-state index contributed by atoms with van der Waals surface area (Å²) in [5, 5.41) is 12.2. The Morgan fingerprint density at radius 3 is 2.67 bits per heavy atom. The highest BCUT2D eigenvalue weighted by atomic mass is 32.2. The van der Waals surface area contributed by atoms with Crippen molar-refractivity contribution in [2.24, 2.45) is 0 Å². The van der Waals surface area contributed by atoms with Gasteiger partial charge in [-0.1, -0.05) is 6.92 Å². The molecule has 0 radical (unpaired) electrons. The standard InChI is InChI=1S/C16H20N2O5S/c1-3-11(2)18-14-7-6-12(16(19)20)9-15(14)24(21,22)17-10-13-5-4-8-23-13/h4-9,11,17-18H,3,10H2,1-2H3,(H,19,20). The molecule has 1 aromatic carbocycles. The van der Waals surface area contributed by atoms with Crippen molar-refractivity contribution in [3.8, 4) is 0 Å². The van der Waals surface area contributed by atoms with Crippen molar-refractivity contribution in [2.45, 2.75) is 37.8 Å². The fourth-order valence-corrected chi connectivity index (χ4v) is 3.21. The van der Waals surface area contributed by atoms with Crippen LogP contribution in [-0.2, 0) is 16.6 Å². The summed E-state index contributed by atoms with van der Waals surface area (Å²) in [5.74, 6) is -0.725. The van der Waals surface area contributed by atoms with Crippen LogP contribution in [0.4, 0.5) is 5.69 Å². The molecular formula is C16H20N2O5S. The van der Waals surface area contributed by atoms with Gasteiger partial charge in [-0.15, -0.1) is 0 Å². The Bertz CT molecular complexity index is 800. The van der Waals surface area contributed by atoms with Crippen molar-refractivity contribution < 1.29 is 22.7 Å². The second-order valence-electron chi connectivity index (χ2n) is 5.37. The molecule has 2 rings (SSSR count). The van der Waals surface area contributed by atoms with E-state index in [4.69, 9.17) is 9.52 Å². The number of furan rings is 1. The second kappa shape index (κ2) is 7.50. The minimum absolute atomic E-state index is 0.0184. The van der Waals surface area contributed by atoms with E-state index in [0.717, 1.165) is 12.5 Å². The molecule has 0 spiro atoms. The van der Waals surface area contributed by atoms with E-state index < -0.39 is 16.0 Å². The molecule has 0 bridgehead atoms. The molecule has 0 saturated heterocycles. The summed E-state index contributed by atoms with van der Waals surface area (Å²) in [7, 11) is -3.91. The molecule has 3 N–H and O–H groups in total. The van der Waals surface area contributed by atoms with Gasteiger partial charge in [0.05, 0.1) is 24.1 Å². The van der Waals surface area contributed by atoms with E-state index in [1.165, 1.54) is 18.4 Å². The van der Waals surface area contributed by atoms with E-state index in [1.807, 2.05) is 13.8 Å². The minimum atomic E-state index is -3.91. The third-order valence-corrected chi connectivity index (χ3v) is 4.99. The van der Waals surface area contributed by atoms with Crippen LogP contribution in [0.1, 0.15) is 36.4 Å². The topological polar surface area (TPSA) is 109 Å². The fourth-order valence-electron chi connectivity index (χ4n) is 2.02. The smallest absolute Gasteiger partial charge is 0.335 e. The molecule has 24 heavy (non-hydrogen) atoms. The van der Waals surface area contributed by atoms with Crippen molar-refractivity contribution in [3.63, 3.8) is 0 Å². The largest absolute Gasteiger partial charge is 0.478 e. The molecule has 0 fully saturated rings. The van der Waals surface area contributed by atoms with Crippen LogP contribution in [0.25, 0.3) is 0 Å². The molecule has 1 heterocycles. The van der Waals surface area contributed by atoms with Crippen molar-refractivity contribution >= 4 is 21.7 Å². The molecule has 1 atom stereocenters. The lowest BCUT2D eigenvalue weighted by Crippen LogP contribution is -2.25. The summed E-state index contributed by atoms with van der Waals surface area (Å²) >= 11 is 0. The van der Waals surface area contributed by atoms with Gasteiger partial charge in [0.15, 0.2) is 0 Å². The van der Waals surface area contributed by atoms with Gasteiger partial charge in [-0.25, -0.2) is 17.9 Å². The number of hydrogen-bond acceptors (Lipinski definition) is 5. The Labute approximate surface area is 140 Å². The van der Waals surface area contributed by atoms with Gasteiger partial charge in [-0.3, -0.25) is 0 Å². The SMILES string of the molecule is CCC(C)Nc1ccc(C(=O)O)cc1S(=O)(=O)NCc1ccco1. The predicted molar refractivity (Wildman–Crippen MR) is 89.5 cm³/mol. The molecule has 0 amide bonds. The van der Waals surface area contributed by atoms with E-state index in [0.29, 0.717) is 11.4 Å². The number of anilines is 1. The second-order valence-corrected chi connectivity index (χ2v) is 7.11. The molecule has 0 aliphatic heterocycles. The quantitative estimate of drug-likeness (QED) is 0.674. The summed E-state index contributed by atoms with van der Waals surface area (Å²) in [6.45, 7) is 3.86. The van der Waals surface area contributed by atoms with Gasteiger partial charge in [0, 0.05) is 6.04 Å². The molecule has 0 aliphatic rings. The molecule has 1 unspecified atom stereocenters. The summed E-state index contributed by atoms with van der Waals surface area (Å²) in [4.78, 5) is 11.1. The summed E-state index contributed by atoms with van der Waals surface area (Å²) in [6.07, 6.45) is 2.24. The number of carboxylic acids is 1. The Morgan fingerprint density at radius 1 is 1.33 bits per heavy atom. The van der Waals surface area contributed by atoms with Crippen LogP contribution in [0.5, 0.6) is 0 Å². The number of nitrogens with one attached hydrogen (secondary N) is 2. The van der Waals surface area contributed by atoms with Gasteiger partial charge in [-0.05, 0) is 43.7 Å². The van der Waals surface area contributed by atoms with Gasteiger partial charge >= 0.3 is 5.97 Å². The molecule has 0 aliphatic carbocycles. The third kappa shape index (κ3) is 4.36. The fraction of sp³-hybridized carbons (Fsp3) is 0.312. The van der Waals surface area contributed by atoms with E-state index in [1.54, 1.807) is 12.1 Å². The van der Waals surface area contributed by atoms with Crippen molar-refractivity contribution in [1.82, 2.24) is 4.72 Å². The Hall–Kier alpha value is -2.32. The van der Waals surface area contributed by atoms with Gasteiger partial charge in [0.2, 0.25) is 10.0 Å². The van der Waals surface area contributed by atoms with E-state index in [9.17, 15) is 13.2 Å². The van der Waals surface area contributed by atoms with Gasteiger partial charge in [0.1, 0.15) is 10.7 Å². The number of carboxylic acid groups (broad SMARTS) is 1.